The zero-order valence-corrected chi connectivity index (χ0v) is 8.02. The summed E-state index contributed by atoms with van der Waals surface area (Å²) in [4.78, 5) is -0.209. The minimum absolute atomic E-state index is 0.209. The molecule has 0 amide bonds. The number of anilines is 1. The van der Waals surface area contributed by atoms with Crippen LogP contribution in [0.25, 0.3) is 0 Å². The average molecular weight is 234 g/mol. The van der Waals surface area contributed by atoms with Gasteiger partial charge in [0.15, 0.2) is 16.2 Å². The molecule has 1 rings (SSSR count). The Morgan fingerprint density at radius 3 is 2.47 bits per heavy atom. The fourth-order valence-electron chi connectivity index (χ4n) is 0.949. The van der Waals surface area contributed by atoms with E-state index in [2.05, 4.69) is 0 Å². The highest BCUT2D eigenvalue weighted by molar-refractivity contribution is 7.89. The van der Waals surface area contributed by atoms with E-state index in [1.165, 1.54) is 5.40 Å². The van der Waals surface area contributed by atoms with Gasteiger partial charge in [-0.1, -0.05) is 0 Å². The van der Waals surface area contributed by atoms with Crippen LogP contribution in [-0.2, 0) is 17.0 Å². The van der Waals surface area contributed by atoms with E-state index in [1.807, 2.05) is 0 Å². The van der Waals surface area contributed by atoms with E-state index in [9.17, 15) is 17.4 Å². The van der Waals surface area contributed by atoms with Gasteiger partial charge in [0.05, 0.1) is 10.5 Å². The molecule has 0 fully saturated rings. The van der Waals surface area contributed by atoms with Gasteiger partial charge in [0.25, 0.3) is 0 Å². The number of rotatable bonds is 1. The standard InChI is InChI=1S/C8H5F3N2OS/c9-8(10,11)6-3-5(15(14)4-12)1-2-7(6)13/h1-3H,13H2. The van der Waals surface area contributed by atoms with Crippen molar-refractivity contribution in [2.45, 2.75) is 11.1 Å². The van der Waals surface area contributed by atoms with Crippen molar-refractivity contribution in [2.24, 2.45) is 0 Å². The fourth-order valence-corrected chi connectivity index (χ4v) is 1.47. The molecule has 0 spiro atoms. The molecule has 0 aliphatic rings. The van der Waals surface area contributed by atoms with Crippen LogP contribution < -0.4 is 5.73 Å². The molecule has 0 radical (unpaired) electrons. The van der Waals surface area contributed by atoms with Crippen molar-refractivity contribution < 1.29 is 17.4 Å². The summed E-state index contributed by atoms with van der Waals surface area (Å²) in [6, 6.07) is 2.73. The van der Waals surface area contributed by atoms with Gasteiger partial charge in [-0.05, 0) is 18.2 Å². The van der Waals surface area contributed by atoms with Crippen molar-refractivity contribution in [3.8, 4) is 5.40 Å². The molecule has 80 valence electrons. The summed E-state index contributed by atoms with van der Waals surface area (Å²) in [6.45, 7) is 0. The van der Waals surface area contributed by atoms with Crippen LogP contribution in [0.3, 0.4) is 0 Å². The highest BCUT2D eigenvalue weighted by Crippen LogP contribution is 2.34. The van der Waals surface area contributed by atoms with Crippen molar-refractivity contribution in [1.29, 1.82) is 5.26 Å². The Labute approximate surface area is 85.8 Å². The summed E-state index contributed by atoms with van der Waals surface area (Å²) in [7, 11) is -2.09. The molecule has 0 aromatic heterocycles. The van der Waals surface area contributed by atoms with Crippen LogP contribution in [0, 0.1) is 10.7 Å². The molecule has 0 aliphatic carbocycles. The van der Waals surface area contributed by atoms with Crippen LogP contribution in [0.2, 0.25) is 0 Å². The smallest absolute Gasteiger partial charge is 0.398 e. The normalized spacial score (nSPS) is 13.2. The van der Waals surface area contributed by atoms with Crippen molar-refractivity contribution in [1.82, 2.24) is 0 Å². The molecule has 1 aromatic carbocycles. The lowest BCUT2D eigenvalue weighted by Gasteiger charge is -2.10. The summed E-state index contributed by atoms with van der Waals surface area (Å²) >= 11 is 0. The van der Waals surface area contributed by atoms with E-state index in [-0.39, 0.29) is 4.90 Å². The van der Waals surface area contributed by atoms with Gasteiger partial charge >= 0.3 is 6.18 Å². The number of hydrogen-bond acceptors (Lipinski definition) is 3. The first-order valence-corrected chi connectivity index (χ1v) is 4.79. The van der Waals surface area contributed by atoms with Crippen molar-refractivity contribution in [3.63, 3.8) is 0 Å². The lowest BCUT2D eigenvalue weighted by atomic mass is 10.2. The molecular formula is C8H5F3N2OS. The number of nitrogens with two attached hydrogens (primary N) is 1. The predicted octanol–water partition coefficient (Wildman–Crippen LogP) is 1.88. The molecule has 2 N–H and O–H groups in total. The maximum atomic E-state index is 12.3. The summed E-state index contributed by atoms with van der Waals surface area (Å²) in [5.74, 6) is 0. The van der Waals surface area contributed by atoms with Crippen LogP contribution in [0.4, 0.5) is 18.9 Å². The summed E-state index contributed by atoms with van der Waals surface area (Å²) in [6.07, 6.45) is -4.61. The molecule has 1 unspecified atom stereocenters. The van der Waals surface area contributed by atoms with Crippen molar-refractivity contribution >= 4 is 16.5 Å². The Morgan fingerprint density at radius 1 is 1.40 bits per heavy atom. The molecule has 3 nitrogen and oxygen atoms in total. The van der Waals surface area contributed by atoms with E-state index in [0.717, 1.165) is 12.1 Å². The second-order valence-corrected chi connectivity index (χ2v) is 3.80. The topological polar surface area (TPSA) is 66.9 Å². The highest BCUT2D eigenvalue weighted by atomic mass is 32.2. The third kappa shape index (κ3) is 2.47. The average Bonchev–Trinajstić information content (AvgIpc) is 2.15. The first kappa shape index (κ1) is 11.5. The second kappa shape index (κ2) is 3.90. The monoisotopic (exact) mass is 234 g/mol. The van der Waals surface area contributed by atoms with Gasteiger partial charge in [0.2, 0.25) is 0 Å². The van der Waals surface area contributed by atoms with Gasteiger partial charge in [-0.15, -0.1) is 0 Å². The van der Waals surface area contributed by atoms with Crippen LogP contribution in [-0.4, -0.2) is 4.21 Å². The van der Waals surface area contributed by atoms with Crippen LogP contribution in [0.5, 0.6) is 0 Å². The minimum atomic E-state index is -4.61. The van der Waals surface area contributed by atoms with Gasteiger partial charge in [0.1, 0.15) is 0 Å². The Balaban J connectivity index is 3.31. The van der Waals surface area contributed by atoms with Crippen LogP contribution in [0.1, 0.15) is 5.56 Å². The highest BCUT2D eigenvalue weighted by Gasteiger charge is 2.33. The van der Waals surface area contributed by atoms with Gasteiger partial charge in [-0.25, -0.2) is 4.21 Å². The van der Waals surface area contributed by atoms with Gasteiger partial charge < -0.3 is 5.73 Å². The number of nitriles is 1. The number of benzene rings is 1. The zero-order valence-electron chi connectivity index (χ0n) is 7.21. The summed E-state index contributed by atoms with van der Waals surface area (Å²) < 4.78 is 47.9. The maximum Gasteiger partial charge on any atom is 0.418 e. The summed E-state index contributed by atoms with van der Waals surface area (Å²) in [5, 5.41) is 9.63. The van der Waals surface area contributed by atoms with Crippen LogP contribution >= 0.6 is 0 Å². The first-order chi connectivity index (χ1) is 6.86. The lowest BCUT2D eigenvalue weighted by molar-refractivity contribution is -0.137. The molecule has 0 heterocycles. The third-order valence-electron chi connectivity index (χ3n) is 1.63. The Hall–Kier alpha value is -1.55. The third-order valence-corrected chi connectivity index (χ3v) is 2.48. The largest absolute Gasteiger partial charge is 0.418 e. The number of hydrogen-bond donors (Lipinski definition) is 1. The second-order valence-electron chi connectivity index (χ2n) is 2.61. The quantitative estimate of drug-likeness (QED) is 0.595. The van der Waals surface area contributed by atoms with Gasteiger partial charge in [-0.3, -0.25) is 0 Å². The Kier molecular flexibility index (Phi) is 3.00. The first-order valence-electron chi connectivity index (χ1n) is 3.64. The molecule has 0 saturated heterocycles. The van der Waals surface area contributed by atoms with E-state index < -0.39 is 28.2 Å². The molecule has 1 atom stereocenters. The van der Waals surface area contributed by atoms with Gasteiger partial charge in [-0.2, -0.15) is 18.4 Å². The maximum absolute atomic E-state index is 12.3. The molecule has 1 aromatic rings. The zero-order chi connectivity index (χ0) is 11.6. The minimum Gasteiger partial charge on any atom is -0.398 e. The van der Waals surface area contributed by atoms with Crippen molar-refractivity contribution in [3.05, 3.63) is 23.8 Å². The van der Waals surface area contributed by atoms with E-state index in [4.69, 9.17) is 11.0 Å². The molecular weight excluding hydrogens is 229 g/mol. The predicted molar refractivity (Wildman–Crippen MR) is 47.9 cm³/mol. The van der Waals surface area contributed by atoms with E-state index in [1.54, 1.807) is 0 Å². The van der Waals surface area contributed by atoms with Crippen LogP contribution in [0.15, 0.2) is 23.1 Å². The molecule has 15 heavy (non-hydrogen) atoms. The number of alkyl halides is 3. The lowest BCUT2D eigenvalue weighted by Crippen LogP contribution is -2.09. The molecule has 0 aliphatic heterocycles. The molecule has 0 bridgehead atoms. The number of nitrogen functional groups attached to an aromatic ring is 1. The van der Waals surface area contributed by atoms with E-state index in [0.29, 0.717) is 6.07 Å². The Morgan fingerprint density at radius 2 is 2.00 bits per heavy atom. The molecule has 0 saturated carbocycles. The fraction of sp³-hybridized carbons (Fsp3) is 0.125. The number of thiocyanates is 1. The summed E-state index contributed by atoms with van der Waals surface area (Å²) in [5.41, 5.74) is 3.58. The Bertz CT molecular complexity index is 450. The molecule has 7 heteroatoms. The number of halogens is 3. The van der Waals surface area contributed by atoms with Gasteiger partial charge in [0, 0.05) is 5.69 Å². The SMILES string of the molecule is N#CS(=O)c1ccc(N)c(C(F)(F)F)c1. The number of nitrogens with zero attached hydrogens (tertiary/aromatic N) is 1. The van der Waals surface area contributed by atoms with Crippen molar-refractivity contribution in [2.75, 3.05) is 5.73 Å². The van der Waals surface area contributed by atoms with E-state index >= 15 is 0 Å².